The van der Waals surface area contributed by atoms with Gasteiger partial charge < -0.3 is 4.74 Å². The van der Waals surface area contributed by atoms with Gasteiger partial charge in [0.1, 0.15) is 0 Å². The van der Waals surface area contributed by atoms with Crippen molar-refractivity contribution in [3.63, 3.8) is 0 Å². The number of ketones is 1. The summed E-state index contributed by atoms with van der Waals surface area (Å²) in [6.45, 7) is 5.94. The maximum absolute atomic E-state index is 16.1. The van der Waals surface area contributed by atoms with Gasteiger partial charge in [-0.05, 0) is 72.4 Å². The molecule has 0 unspecified atom stereocenters. The Morgan fingerprint density at radius 2 is 1.08 bits per heavy atom. The van der Waals surface area contributed by atoms with E-state index in [1.54, 1.807) is 25.1 Å². The summed E-state index contributed by atoms with van der Waals surface area (Å²) >= 11 is 0. The zero-order chi connectivity index (χ0) is 34.8. The fraction of sp³-hybridized carbons (Fsp3) is 0.182. The Morgan fingerprint density at radius 1 is 0.620 bits per heavy atom. The molecule has 2 fully saturated rings. The van der Waals surface area contributed by atoms with E-state index in [4.69, 9.17) is 4.74 Å². The van der Waals surface area contributed by atoms with Crippen molar-refractivity contribution in [2.45, 2.75) is 31.6 Å². The van der Waals surface area contributed by atoms with Crippen LogP contribution in [0, 0.1) is 25.7 Å². The number of benzene rings is 5. The average Bonchev–Trinajstić information content (AvgIpc) is 3.65. The minimum Gasteiger partial charge on any atom is -0.462 e. The number of anilines is 1. The molecule has 8 rings (SSSR count). The Morgan fingerprint density at radius 3 is 1.52 bits per heavy atom. The van der Waals surface area contributed by atoms with Gasteiger partial charge in [0.05, 0.1) is 40.5 Å². The van der Waals surface area contributed by atoms with Crippen molar-refractivity contribution in [3.05, 3.63) is 172 Å². The minimum atomic E-state index is -1.50. The molecule has 6 nitrogen and oxygen atoms in total. The molecule has 50 heavy (non-hydrogen) atoms. The molecule has 1 saturated carbocycles. The summed E-state index contributed by atoms with van der Waals surface area (Å²) in [4.78, 5) is 60.5. The molecule has 0 N–H and O–H groups in total. The Kier molecular flexibility index (Phi) is 7.30. The molecule has 4 atom stereocenters. The fourth-order valence-electron chi connectivity index (χ4n) is 8.81. The lowest BCUT2D eigenvalue weighted by atomic mass is 9.59. The van der Waals surface area contributed by atoms with Crippen molar-refractivity contribution in [2.24, 2.45) is 11.8 Å². The van der Waals surface area contributed by atoms with E-state index in [9.17, 15) is 4.79 Å². The van der Waals surface area contributed by atoms with E-state index in [2.05, 4.69) is 0 Å². The standard InChI is InChI=1S/C44H35NO5/c1-4-50-41(48)31-12-11-17-34(26-31)45-39(46)37-38(40(45)47)44(33-15-9-6-10-16-33)36(30-24-20-28(3)21-25-30)35(29-22-18-27(2)19-23-29)43(37,42(44)49)32-13-7-5-8-14-32/h5-26,37-38H,4H2,1-3H3/t37-,38-,43-,44-/m0/s1. The van der Waals surface area contributed by atoms with Crippen molar-refractivity contribution in [2.75, 3.05) is 11.5 Å². The number of ether oxygens (including phenoxy) is 1. The smallest absolute Gasteiger partial charge is 0.338 e. The maximum Gasteiger partial charge on any atom is 0.338 e. The highest BCUT2D eigenvalue weighted by Crippen LogP contribution is 2.74. The van der Waals surface area contributed by atoms with E-state index >= 15 is 14.4 Å². The van der Waals surface area contributed by atoms with Crippen molar-refractivity contribution in [1.29, 1.82) is 0 Å². The van der Waals surface area contributed by atoms with E-state index in [1.165, 1.54) is 11.0 Å². The third-order valence-corrected chi connectivity index (χ3v) is 10.7. The molecule has 0 spiro atoms. The summed E-state index contributed by atoms with van der Waals surface area (Å²) in [6.07, 6.45) is 0. The van der Waals surface area contributed by atoms with Crippen LogP contribution in [0.1, 0.15) is 50.7 Å². The lowest BCUT2D eigenvalue weighted by Gasteiger charge is -2.39. The largest absolute Gasteiger partial charge is 0.462 e. The van der Waals surface area contributed by atoms with Crippen LogP contribution in [0.15, 0.2) is 133 Å². The summed E-state index contributed by atoms with van der Waals surface area (Å²) in [5, 5.41) is 0. The predicted octanol–water partition coefficient (Wildman–Crippen LogP) is 7.67. The van der Waals surface area contributed by atoms with Crippen LogP contribution in [-0.4, -0.2) is 30.2 Å². The van der Waals surface area contributed by atoms with Gasteiger partial charge in [-0.3, -0.25) is 14.4 Å². The number of hydrogen-bond donors (Lipinski definition) is 0. The van der Waals surface area contributed by atoms with Crippen LogP contribution in [0.2, 0.25) is 0 Å². The van der Waals surface area contributed by atoms with Crippen LogP contribution in [0.5, 0.6) is 0 Å². The van der Waals surface area contributed by atoms with Crippen LogP contribution >= 0.6 is 0 Å². The fourth-order valence-corrected chi connectivity index (χ4v) is 8.81. The second-order valence-corrected chi connectivity index (χ2v) is 13.4. The third kappa shape index (κ3) is 4.14. The Bertz CT molecular complexity index is 2100. The van der Waals surface area contributed by atoms with Crippen molar-refractivity contribution in [3.8, 4) is 0 Å². The first-order valence-electron chi connectivity index (χ1n) is 17.0. The molecular formula is C44H35NO5. The van der Waals surface area contributed by atoms with Gasteiger partial charge in [0.2, 0.25) is 11.8 Å². The van der Waals surface area contributed by atoms with E-state index in [0.717, 1.165) is 33.4 Å². The molecule has 2 bridgehead atoms. The van der Waals surface area contributed by atoms with E-state index < -0.39 is 40.4 Å². The monoisotopic (exact) mass is 657 g/mol. The number of nitrogens with zero attached hydrogens (tertiary/aromatic N) is 1. The zero-order valence-corrected chi connectivity index (χ0v) is 28.1. The first-order chi connectivity index (χ1) is 24.3. The number of carbonyl (C=O) groups excluding carboxylic acids is 4. The number of rotatable bonds is 7. The number of fused-ring (bicyclic) bond motifs is 5. The van der Waals surface area contributed by atoms with Gasteiger partial charge in [-0.15, -0.1) is 0 Å². The van der Waals surface area contributed by atoms with E-state index in [-0.39, 0.29) is 23.6 Å². The van der Waals surface area contributed by atoms with Crippen LogP contribution in [0.3, 0.4) is 0 Å². The van der Waals surface area contributed by atoms with Crippen LogP contribution < -0.4 is 4.90 Å². The highest BCUT2D eigenvalue weighted by molar-refractivity contribution is 6.39. The van der Waals surface area contributed by atoms with E-state index in [1.807, 2.05) is 123 Å². The van der Waals surface area contributed by atoms with Crippen LogP contribution in [0.25, 0.3) is 11.1 Å². The normalized spacial score (nSPS) is 23.8. The van der Waals surface area contributed by atoms with Gasteiger partial charge in [-0.2, -0.15) is 0 Å². The molecule has 6 heteroatoms. The number of Topliss-reactive ketones (excluding diaryl/α,β-unsaturated/α-hetero) is 1. The summed E-state index contributed by atoms with van der Waals surface area (Å²) in [6, 6.07) is 41.5. The summed E-state index contributed by atoms with van der Waals surface area (Å²) in [5.41, 5.74) is 4.08. The topological polar surface area (TPSA) is 80.8 Å². The van der Waals surface area contributed by atoms with Crippen LogP contribution in [-0.2, 0) is 30.0 Å². The first-order valence-corrected chi connectivity index (χ1v) is 17.0. The summed E-state index contributed by atoms with van der Waals surface area (Å²) in [5.74, 6) is -3.77. The van der Waals surface area contributed by atoms with E-state index in [0.29, 0.717) is 11.1 Å². The lowest BCUT2D eigenvalue weighted by Crippen LogP contribution is -2.45. The van der Waals surface area contributed by atoms with Crippen molar-refractivity contribution < 1.29 is 23.9 Å². The van der Waals surface area contributed by atoms with Gasteiger partial charge in [-0.25, -0.2) is 9.69 Å². The first kappa shape index (κ1) is 31.4. The number of imide groups is 1. The number of carbonyl (C=O) groups is 4. The molecule has 5 aromatic carbocycles. The molecule has 0 aromatic heterocycles. The quantitative estimate of drug-likeness (QED) is 0.133. The molecule has 5 aromatic rings. The molecule has 2 aliphatic carbocycles. The van der Waals surface area contributed by atoms with Gasteiger partial charge in [0, 0.05) is 0 Å². The lowest BCUT2D eigenvalue weighted by molar-refractivity contribution is -0.130. The number of aryl methyl sites for hydroxylation is 2. The van der Waals surface area contributed by atoms with Crippen molar-refractivity contribution in [1.82, 2.24) is 0 Å². The Hall–Kier alpha value is -5.88. The second-order valence-electron chi connectivity index (χ2n) is 13.4. The highest BCUT2D eigenvalue weighted by Gasteiger charge is 2.82. The molecule has 246 valence electrons. The molecule has 0 radical (unpaired) electrons. The SMILES string of the molecule is CCOC(=O)c1cccc(N2C(=O)[C@@H]3[C@@H](C2=O)[C@@]2(c4ccccc4)C(=O)[C@@]3(c3ccccc3)C(c3ccc(C)cc3)=C2c2ccc(C)cc2)c1. The molecule has 1 saturated heterocycles. The summed E-state index contributed by atoms with van der Waals surface area (Å²) < 4.78 is 5.24. The van der Waals surface area contributed by atoms with Gasteiger partial charge in [0.15, 0.2) is 5.78 Å². The summed E-state index contributed by atoms with van der Waals surface area (Å²) in [7, 11) is 0. The Balaban J connectivity index is 1.50. The molecule has 1 heterocycles. The maximum atomic E-state index is 16.1. The molecule has 3 aliphatic rings. The second kappa shape index (κ2) is 11.6. The van der Waals surface area contributed by atoms with Crippen molar-refractivity contribution >= 4 is 40.4 Å². The van der Waals surface area contributed by atoms with Crippen LogP contribution in [0.4, 0.5) is 5.69 Å². The molecule has 2 amide bonds. The van der Waals surface area contributed by atoms with Gasteiger partial charge in [0.25, 0.3) is 0 Å². The molecular weight excluding hydrogens is 622 g/mol. The Labute approximate surface area is 291 Å². The average molecular weight is 658 g/mol. The molecule has 1 aliphatic heterocycles. The number of hydrogen-bond acceptors (Lipinski definition) is 5. The number of esters is 1. The van der Waals surface area contributed by atoms with Gasteiger partial charge in [-0.1, -0.05) is 126 Å². The third-order valence-electron chi connectivity index (χ3n) is 10.7. The minimum absolute atomic E-state index is 0.176. The predicted molar refractivity (Wildman–Crippen MR) is 192 cm³/mol. The zero-order valence-electron chi connectivity index (χ0n) is 28.1. The van der Waals surface area contributed by atoms with Gasteiger partial charge >= 0.3 is 5.97 Å². The number of amides is 2. The highest BCUT2D eigenvalue weighted by atomic mass is 16.5. The number of allylic oxidation sites excluding steroid dienone is 2.